The molecule has 0 bridgehead atoms. The Hall–Kier alpha value is -1.23. The summed E-state index contributed by atoms with van der Waals surface area (Å²) in [5, 5.41) is 4.04. The molecule has 1 aliphatic rings. The number of Topliss-reactive ketones (excluding diaryl/α,β-unsaturated/α-hetero) is 1. The van der Waals surface area contributed by atoms with Crippen molar-refractivity contribution >= 4 is 5.78 Å². The third kappa shape index (κ3) is 2.56. The number of hydrogen-bond donors (Lipinski definition) is 0. The molecule has 0 unspecified atom stereocenters. The van der Waals surface area contributed by atoms with E-state index < -0.39 is 0 Å². The van der Waals surface area contributed by atoms with E-state index in [1.807, 2.05) is 7.05 Å². The predicted octanol–water partition coefficient (Wildman–Crippen LogP) is 1.58. The lowest BCUT2D eigenvalue weighted by atomic mass is 9.87. The van der Waals surface area contributed by atoms with Crippen LogP contribution in [0, 0.1) is 0 Å². The smallest absolute Gasteiger partial charge is 0.160 e. The molecule has 1 saturated carbocycles. The molecule has 1 aromatic rings. The number of likely N-dealkylation sites (N-methyl/N-ethyl adjacent to an activating group) is 1. The lowest BCUT2D eigenvalue weighted by Crippen LogP contribution is -2.53. The Morgan fingerprint density at radius 2 is 2.00 bits per heavy atom. The highest BCUT2D eigenvalue weighted by atomic mass is 16.1. The van der Waals surface area contributed by atoms with Crippen LogP contribution in [0.5, 0.6) is 0 Å². The van der Waals surface area contributed by atoms with E-state index in [1.54, 1.807) is 4.68 Å². The van der Waals surface area contributed by atoms with Crippen LogP contribution in [0.15, 0.2) is 6.33 Å². The number of rotatable bonds is 6. The molecule has 1 fully saturated rings. The van der Waals surface area contributed by atoms with E-state index >= 15 is 0 Å². The summed E-state index contributed by atoms with van der Waals surface area (Å²) in [6, 6.07) is 0. The van der Waals surface area contributed by atoms with E-state index in [4.69, 9.17) is 0 Å². The fraction of sp³-hybridized carbons (Fsp3) is 0.786. The van der Waals surface area contributed by atoms with Crippen LogP contribution in [-0.2, 0) is 18.3 Å². The Bertz CT molecular complexity index is 430. The lowest BCUT2D eigenvalue weighted by Gasteiger charge is -2.39. The molecule has 106 valence electrons. The molecule has 0 amide bonds. The van der Waals surface area contributed by atoms with Gasteiger partial charge in [0.1, 0.15) is 12.2 Å². The van der Waals surface area contributed by atoms with Crippen LogP contribution >= 0.6 is 0 Å². The fourth-order valence-electron chi connectivity index (χ4n) is 3.35. The number of hydrogen-bond acceptors (Lipinski definition) is 4. The molecule has 0 saturated heterocycles. The molecule has 0 aliphatic heterocycles. The third-order valence-electron chi connectivity index (χ3n) is 4.44. The van der Waals surface area contributed by atoms with Crippen LogP contribution in [0.3, 0.4) is 0 Å². The van der Waals surface area contributed by atoms with Gasteiger partial charge >= 0.3 is 0 Å². The topological polar surface area (TPSA) is 51.0 Å². The summed E-state index contributed by atoms with van der Waals surface area (Å²) in [5.41, 5.74) is -0.255. The van der Waals surface area contributed by atoms with Gasteiger partial charge in [-0.25, -0.2) is 4.98 Å². The van der Waals surface area contributed by atoms with Crippen molar-refractivity contribution < 1.29 is 4.79 Å². The van der Waals surface area contributed by atoms with E-state index in [2.05, 4.69) is 28.8 Å². The summed E-state index contributed by atoms with van der Waals surface area (Å²) >= 11 is 0. The minimum Gasteiger partial charge on any atom is -0.297 e. The SMILES string of the molecule is CCN(CC)C1(C(=O)Cc2ncnn2C)CCCC1. The van der Waals surface area contributed by atoms with Crippen molar-refractivity contribution in [3.8, 4) is 0 Å². The average Bonchev–Trinajstić information content (AvgIpc) is 3.02. The second kappa shape index (κ2) is 5.82. The molecule has 5 heteroatoms. The Balaban J connectivity index is 2.19. The highest BCUT2D eigenvalue weighted by molar-refractivity contribution is 5.90. The second-order valence-electron chi connectivity index (χ2n) is 5.31. The molecule has 0 N–H and O–H groups in total. The van der Waals surface area contributed by atoms with Crippen LogP contribution in [0.25, 0.3) is 0 Å². The van der Waals surface area contributed by atoms with E-state index in [0.717, 1.165) is 44.6 Å². The molecular formula is C14H24N4O. The molecular weight excluding hydrogens is 240 g/mol. The Kier molecular flexibility index (Phi) is 4.34. The lowest BCUT2D eigenvalue weighted by molar-refractivity contribution is -0.130. The largest absolute Gasteiger partial charge is 0.297 e. The summed E-state index contributed by atoms with van der Waals surface area (Å²) in [6.07, 6.45) is 6.20. The molecule has 19 heavy (non-hydrogen) atoms. The first-order valence-electron chi connectivity index (χ1n) is 7.25. The summed E-state index contributed by atoms with van der Waals surface area (Å²) in [5.74, 6) is 1.08. The van der Waals surface area contributed by atoms with Gasteiger partial charge in [0.15, 0.2) is 5.78 Å². The Morgan fingerprint density at radius 3 is 2.47 bits per heavy atom. The van der Waals surface area contributed by atoms with E-state index in [0.29, 0.717) is 12.2 Å². The quantitative estimate of drug-likeness (QED) is 0.783. The molecule has 0 spiro atoms. The molecule has 2 rings (SSSR count). The maximum Gasteiger partial charge on any atom is 0.160 e. The average molecular weight is 264 g/mol. The van der Waals surface area contributed by atoms with Crippen molar-refractivity contribution in [1.29, 1.82) is 0 Å². The molecule has 5 nitrogen and oxygen atoms in total. The predicted molar refractivity (Wildman–Crippen MR) is 73.8 cm³/mol. The summed E-state index contributed by atoms with van der Waals surface area (Å²) < 4.78 is 1.70. The summed E-state index contributed by atoms with van der Waals surface area (Å²) in [6.45, 7) is 6.14. The molecule has 1 aromatic heterocycles. The van der Waals surface area contributed by atoms with Gasteiger partial charge in [0, 0.05) is 7.05 Å². The van der Waals surface area contributed by atoms with Gasteiger partial charge in [-0.05, 0) is 25.9 Å². The number of aryl methyl sites for hydroxylation is 1. The van der Waals surface area contributed by atoms with Gasteiger partial charge in [0.2, 0.25) is 0 Å². The number of carbonyl (C=O) groups excluding carboxylic acids is 1. The molecule has 0 radical (unpaired) electrons. The minimum atomic E-state index is -0.255. The van der Waals surface area contributed by atoms with Crippen LogP contribution in [0.1, 0.15) is 45.4 Å². The molecule has 1 heterocycles. The van der Waals surface area contributed by atoms with Crippen molar-refractivity contribution in [1.82, 2.24) is 19.7 Å². The maximum absolute atomic E-state index is 12.8. The highest BCUT2D eigenvalue weighted by Gasteiger charge is 2.44. The molecule has 0 atom stereocenters. The number of ketones is 1. The number of aromatic nitrogens is 3. The molecule has 0 aromatic carbocycles. The van der Waals surface area contributed by atoms with Crippen LogP contribution in [0.4, 0.5) is 0 Å². The van der Waals surface area contributed by atoms with Crippen molar-refractivity contribution in [3.05, 3.63) is 12.2 Å². The Morgan fingerprint density at radius 1 is 1.37 bits per heavy atom. The highest BCUT2D eigenvalue weighted by Crippen LogP contribution is 2.36. The van der Waals surface area contributed by atoms with Crippen molar-refractivity contribution in [2.24, 2.45) is 7.05 Å². The number of carbonyl (C=O) groups is 1. The maximum atomic E-state index is 12.8. The van der Waals surface area contributed by atoms with Crippen molar-refractivity contribution in [2.75, 3.05) is 13.1 Å². The van der Waals surface area contributed by atoms with Gasteiger partial charge < -0.3 is 0 Å². The van der Waals surface area contributed by atoms with Crippen LogP contribution < -0.4 is 0 Å². The van der Waals surface area contributed by atoms with Crippen LogP contribution in [0.2, 0.25) is 0 Å². The van der Waals surface area contributed by atoms with Gasteiger partial charge in [-0.3, -0.25) is 14.4 Å². The van der Waals surface area contributed by atoms with Gasteiger partial charge in [0.25, 0.3) is 0 Å². The van der Waals surface area contributed by atoms with E-state index in [1.165, 1.54) is 6.33 Å². The van der Waals surface area contributed by atoms with Crippen LogP contribution in [-0.4, -0.2) is 44.1 Å². The zero-order valence-electron chi connectivity index (χ0n) is 12.2. The van der Waals surface area contributed by atoms with Crippen molar-refractivity contribution in [2.45, 2.75) is 51.5 Å². The zero-order chi connectivity index (χ0) is 13.9. The normalized spacial score (nSPS) is 18.1. The first-order valence-corrected chi connectivity index (χ1v) is 7.25. The van der Waals surface area contributed by atoms with Gasteiger partial charge in [-0.15, -0.1) is 0 Å². The molecule has 1 aliphatic carbocycles. The first-order chi connectivity index (χ1) is 9.14. The first kappa shape index (κ1) is 14.2. The zero-order valence-corrected chi connectivity index (χ0v) is 12.2. The van der Waals surface area contributed by atoms with Gasteiger partial charge in [0.05, 0.1) is 12.0 Å². The second-order valence-corrected chi connectivity index (χ2v) is 5.31. The van der Waals surface area contributed by atoms with E-state index in [9.17, 15) is 4.79 Å². The Labute approximate surface area is 115 Å². The van der Waals surface area contributed by atoms with Gasteiger partial charge in [-0.2, -0.15) is 5.10 Å². The standard InChI is InChI=1S/C14H24N4O/c1-4-18(5-2)14(8-6-7-9-14)12(19)10-13-15-11-16-17(13)3/h11H,4-10H2,1-3H3. The summed E-state index contributed by atoms with van der Waals surface area (Å²) in [4.78, 5) is 19.3. The van der Waals surface area contributed by atoms with Crippen molar-refractivity contribution in [3.63, 3.8) is 0 Å². The fourth-order valence-corrected chi connectivity index (χ4v) is 3.35. The monoisotopic (exact) mass is 264 g/mol. The van der Waals surface area contributed by atoms with E-state index in [-0.39, 0.29) is 5.54 Å². The number of nitrogens with zero attached hydrogens (tertiary/aromatic N) is 4. The minimum absolute atomic E-state index is 0.255. The summed E-state index contributed by atoms with van der Waals surface area (Å²) in [7, 11) is 1.84. The van der Waals surface area contributed by atoms with Gasteiger partial charge in [-0.1, -0.05) is 26.7 Å². The third-order valence-corrected chi connectivity index (χ3v) is 4.44.